The lowest BCUT2D eigenvalue weighted by Gasteiger charge is -2.18. The minimum atomic E-state index is -5.39. The molecule has 4 nitrogen and oxygen atoms in total. The van der Waals surface area contributed by atoms with E-state index in [0.717, 1.165) is 7.11 Å². The number of carbonyl (C=O) groups is 1. The van der Waals surface area contributed by atoms with E-state index in [0.29, 0.717) is 12.8 Å². The van der Waals surface area contributed by atoms with E-state index in [1.165, 1.54) is 0 Å². The quantitative estimate of drug-likeness (QED) is 0.516. The first-order valence-corrected chi connectivity index (χ1v) is 9.04. The van der Waals surface area contributed by atoms with Gasteiger partial charge in [-0.05, 0) is 18.6 Å². The normalized spacial score (nSPS) is 12.9. The maximum absolute atomic E-state index is 13.2. The Morgan fingerprint density at radius 3 is 2.04 bits per heavy atom. The highest BCUT2D eigenvalue weighted by Crippen LogP contribution is 2.42. The molecule has 0 fully saturated rings. The first-order valence-electron chi connectivity index (χ1n) is 7.39. The van der Waals surface area contributed by atoms with Crippen molar-refractivity contribution in [2.75, 3.05) is 12.9 Å². The summed E-state index contributed by atoms with van der Waals surface area (Å²) in [5.41, 5.74) is -5.15. The van der Waals surface area contributed by atoms with Crippen molar-refractivity contribution in [2.45, 2.75) is 38.5 Å². The summed E-state index contributed by atoms with van der Waals surface area (Å²) >= 11 is 0. The zero-order valence-corrected chi connectivity index (χ0v) is 14.6. The lowest BCUT2D eigenvalue weighted by Crippen LogP contribution is -2.24. The van der Waals surface area contributed by atoms with Crippen molar-refractivity contribution in [3.8, 4) is 5.75 Å². The van der Waals surface area contributed by atoms with Crippen LogP contribution in [-0.2, 0) is 22.2 Å². The molecule has 0 amide bonds. The molecule has 1 aromatic rings. The smallest absolute Gasteiger partial charge is 0.417 e. The fourth-order valence-corrected chi connectivity index (χ4v) is 3.46. The standard InChI is InChI=1S/C15H16F6O4S/c1-3-4-5-6-26(23,24)13(22)12-10(15(19,20)21)7-9(14(16,17)18)8-11(12)25-2/h7-8H,3-6H2,1-2H3. The SMILES string of the molecule is CCCCCS(=O)(=O)C(=O)c1c(OC)cc(C(F)(F)F)cc1C(F)(F)F. The number of ether oxygens (including phenoxy) is 1. The topological polar surface area (TPSA) is 60.4 Å². The summed E-state index contributed by atoms with van der Waals surface area (Å²) in [6.07, 6.45) is -9.48. The fourth-order valence-electron chi connectivity index (χ4n) is 2.16. The monoisotopic (exact) mass is 406 g/mol. The largest absolute Gasteiger partial charge is 0.496 e. The molecule has 0 aliphatic rings. The Bertz CT molecular complexity index is 766. The summed E-state index contributed by atoms with van der Waals surface area (Å²) < 4.78 is 107. The number of sulfone groups is 1. The third-order valence-electron chi connectivity index (χ3n) is 3.46. The zero-order chi connectivity index (χ0) is 20.3. The van der Waals surface area contributed by atoms with Gasteiger partial charge in [0.05, 0.1) is 29.6 Å². The summed E-state index contributed by atoms with van der Waals surface area (Å²) in [5, 5.41) is -1.91. The van der Waals surface area contributed by atoms with Crippen LogP contribution in [0.3, 0.4) is 0 Å². The predicted octanol–water partition coefficient (Wildman–Crippen LogP) is 4.48. The van der Waals surface area contributed by atoms with Gasteiger partial charge in [-0.15, -0.1) is 0 Å². The van der Waals surface area contributed by atoms with Crippen LogP contribution in [0.15, 0.2) is 12.1 Å². The van der Waals surface area contributed by atoms with E-state index in [4.69, 9.17) is 0 Å². The number of halogens is 6. The molecule has 1 rings (SSSR count). The molecule has 0 spiro atoms. The molecule has 26 heavy (non-hydrogen) atoms. The van der Waals surface area contributed by atoms with E-state index in [9.17, 15) is 39.6 Å². The van der Waals surface area contributed by atoms with Crippen molar-refractivity contribution in [3.05, 3.63) is 28.8 Å². The minimum absolute atomic E-state index is 0.0366. The Morgan fingerprint density at radius 2 is 1.62 bits per heavy atom. The minimum Gasteiger partial charge on any atom is -0.496 e. The third-order valence-corrected chi connectivity index (χ3v) is 5.05. The molecule has 0 aliphatic heterocycles. The van der Waals surface area contributed by atoms with Crippen LogP contribution >= 0.6 is 0 Å². The summed E-state index contributed by atoms with van der Waals surface area (Å²) in [4.78, 5) is 12.2. The molecule has 148 valence electrons. The van der Waals surface area contributed by atoms with Crippen LogP contribution < -0.4 is 4.74 Å². The molecular formula is C15H16F6O4S. The van der Waals surface area contributed by atoms with Gasteiger partial charge in [-0.2, -0.15) is 26.3 Å². The van der Waals surface area contributed by atoms with Crippen LogP contribution in [0.5, 0.6) is 5.75 Å². The lowest BCUT2D eigenvalue weighted by atomic mass is 10.0. The van der Waals surface area contributed by atoms with Gasteiger partial charge in [0.15, 0.2) is 0 Å². The molecule has 0 aromatic heterocycles. The molecule has 0 atom stereocenters. The Labute approximate surface area is 146 Å². The number of rotatable bonds is 6. The maximum atomic E-state index is 13.2. The number of methoxy groups -OCH3 is 1. The van der Waals surface area contributed by atoms with E-state index < -0.39 is 55.5 Å². The Morgan fingerprint density at radius 1 is 1.04 bits per heavy atom. The molecule has 0 unspecified atom stereocenters. The van der Waals surface area contributed by atoms with Crippen LogP contribution in [0, 0.1) is 0 Å². The van der Waals surface area contributed by atoms with Crippen LogP contribution in [0.2, 0.25) is 0 Å². The number of alkyl halides is 6. The molecule has 1 aromatic carbocycles. The van der Waals surface area contributed by atoms with Crippen molar-refractivity contribution in [3.63, 3.8) is 0 Å². The van der Waals surface area contributed by atoms with E-state index >= 15 is 0 Å². The van der Waals surface area contributed by atoms with Crippen molar-refractivity contribution in [1.82, 2.24) is 0 Å². The fraction of sp³-hybridized carbons (Fsp3) is 0.533. The Kier molecular flexibility index (Phi) is 6.72. The highest BCUT2D eigenvalue weighted by atomic mass is 32.2. The van der Waals surface area contributed by atoms with Gasteiger partial charge in [0.1, 0.15) is 5.75 Å². The molecule has 11 heteroatoms. The first kappa shape index (κ1) is 22.3. The number of unbranched alkanes of at least 4 members (excludes halogenated alkanes) is 2. The molecule has 0 aliphatic carbocycles. The molecule has 0 radical (unpaired) electrons. The predicted molar refractivity (Wildman–Crippen MR) is 80.6 cm³/mol. The Balaban J connectivity index is 3.61. The second-order valence-electron chi connectivity index (χ2n) is 5.41. The third kappa shape index (κ3) is 5.12. The van der Waals surface area contributed by atoms with Gasteiger partial charge in [0, 0.05) is 0 Å². The highest BCUT2D eigenvalue weighted by molar-refractivity contribution is 8.06. The molecule has 0 heterocycles. The van der Waals surface area contributed by atoms with Crippen molar-refractivity contribution in [2.24, 2.45) is 0 Å². The first-order chi connectivity index (χ1) is 11.8. The van der Waals surface area contributed by atoms with Crippen LogP contribution in [0.1, 0.15) is 47.7 Å². The van der Waals surface area contributed by atoms with E-state index in [1.54, 1.807) is 6.92 Å². The van der Waals surface area contributed by atoms with Gasteiger partial charge in [-0.3, -0.25) is 4.79 Å². The van der Waals surface area contributed by atoms with E-state index in [-0.39, 0.29) is 18.6 Å². The van der Waals surface area contributed by atoms with Gasteiger partial charge >= 0.3 is 12.4 Å². The average molecular weight is 406 g/mol. The van der Waals surface area contributed by atoms with Gasteiger partial charge in [0.25, 0.3) is 5.12 Å². The number of carbonyl (C=O) groups excluding carboxylic acids is 1. The lowest BCUT2D eigenvalue weighted by molar-refractivity contribution is -0.143. The second-order valence-corrected chi connectivity index (χ2v) is 7.42. The van der Waals surface area contributed by atoms with E-state index in [2.05, 4.69) is 4.74 Å². The summed E-state index contributed by atoms with van der Waals surface area (Å²) in [6, 6.07) is -0.124. The number of hydrogen-bond donors (Lipinski definition) is 0. The zero-order valence-electron chi connectivity index (χ0n) is 13.8. The molecule has 0 saturated heterocycles. The number of benzene rings is 1. The van der Waals surface area contributed by atoms with Gasteiger partial charge in [0.2, 0.25) is 9.84 Å². The summed E-state index contributed by atoms with van der Waals surface area (Å²) in [7, 11) is -3.90. The van der Waals surface area contributed by atoms with Crippen molar-refractivity contribution < 1.29 is 44.3 Å². The van der Waals surface area contributed by atoms with Crippen LogP contribution in [0.25, 0.3) is 0 Å². The van der Waals surface area contributed by atoms with Gasteiger partial charge in [-0.25, -0.2) is 8.42 Å². The highest BCUT2D eigenvalue weighted by Gasteiger charge is 2.43. The average Bonchev–Trinajstić information content (AvgIpc) is 2.51. The van der Waals surface area contributed by atoms with Crippen LogP contribution in [0.4, 0.5) is 26.3 Å². The number of hydrogen-bond acceptors (Lipinski definition) is 4. The van der Waals surface area contributed by atoms with Crippen molar-refractivity contribution >= 4 is 15.0 Å². The van der Waals surface area contributed by atoms with Crippen molar-refractivity contribution in [1.29, 1.82) is 0 Å². The summed E-state index contributed by atoms with van der Waals surface area (Å²) in [6.45, 7) is 1.75. The maximum Gasteiger partial charge on any atom is 0.417 e. The molecular weight excluding hydrogens is 390 g/mol. The second kappa shape index (κ2) is 7.85. The van der Waals surface area contributed by atoms with Gasteiger partial charge in [-0.1, -0.05) is 19.8 Å². The molecule has 0 saturated carbocycles. The Hall–Kier alpha value is -1.78. The van der Waals surface area contributed by atoms with E-state index in [1.807, 2.05) is 0 Å². The summed E-state index contributed by atoms with van der Waals surface area (Å²) in [5.74, 6) is -1.81. The molecule has 0 N–H and O–H groups in total. The van der Waals surface area contributed by atoms with Gasteiger partial charge < -0.3 is 4.74 Å². The molecule has 0 bridgehead atoms. The van der Waals surface area contributed by atoms with Crippen LogP contribution in [-0.4, -0.2) is 26.4 Å².